The Kier molecular flexibility index (Phi) is 3.72. The van der Waals surface area contributed by atoms with Gasteiger partial charge in [-0.1, -0.05) is 5.16 Å². The molecule has 0 bridgehead atoms. The highest BCUT2D eigenvalue weighted by Gasteiger charge is 2.17. The van der Waals surface area contributed by atoms with Gasteiger partial charge in [-0.3, -0.25) is 0 Å². The van der Waals surface area contributed by atoms with Crippen molar-refractivity contribution in [2.45, 2.75) is 19.4 Å². The van der Waals surface area contributed by atoms with E-state index in [1.807, 2.05) is 0 Å². The molecular formula is C11H9BrF2N2O2. The third-order valence-corrected chi connectivity index (χ3v) is 2.99. The van der Waals surface area contributed by atoms with Crippen molar-refractivity contribution >= 4 is 15.9 Å². The molecule has 0 radical (unpaired) electrons. The third-order valence-electron chi connectivity index (χ3n) is 2.21. The van der Waals surface area contributed by atoms with Crippen LogP contribution in [0.15, 0.2) is 21.1 Å². The van der Waals surface area contributed by atoms with Gasteiger partial charge in [0.25, 0.3) is 0 Å². The molecule has 18 heavy (non-hydrogen) atoms. The fraction of sp³-hybridized carbons (Fsp3) is 0.273. The lowest BCUT2D eigenvalue weighted by atomic mass is 10.2. The molecule has 0 saturated carbocycles. The molecule has 1 heterocycles. The summed E-state index contributed by atoms with van der Waals surface area (Å²) in [5.74, 6) is -1.60. The first-order valence-electron chi connectivity index (χ1n) is 5.13. The van der Waals surface area contributed by atoms with Crippen LogP contribution in [0.1, 0.15) is 12.8 Å². The summed E-state index contributed by atoms with van der Waals surface area (Å²) >= 11 is 2.94. The van der Waals surface area contributed by atoms with Crippen LogP contribution in [0.3, 0.4) is 0 Å². The zero-order valence-corrected chi connectivity index (χ0v) is 10.9. The van der Waals surface area contributed by atoms with Gasteiger partial charge >= 0.3 is 0 Å². The van der Waals surface area contributed by atoms with Crippen molar-refractivity contribution < 1.29 is 18.4 Å². The lowest BCUT2D eigenvalue weighted by molar-refractivity contribution is 0.181. The number of nitrogens with zero attached hydrogens (tertiary/aromatic N) is 2. The molecule has 1 N–H and O–H groups in total. The van der Waals surface area contributed by atoms with E-state index in [4.69, 9.17) is 4.52 Å². The summed E-state index contributed by atoms with van der Waals surface area (Å²) in [6.07, 6.45) is -0.416. The SMILES string of the molecule is CC(O)Cc1nc(-c2ccc(F)c(F)c2Br)no1. The van der Waals surface area contributed by atoms with Crippen LogP contribution in [0.5, 0.6) is 0 Å². The maximum Gasteiger partial charge on any atom is 0.229 e. The van der Waals surface area contributed by atoms with E-state index in [0.717, 1.165) is 6.07 Å². The second-order valence-corrected chi connectivity index (χ2v) is 4.58. The standard InChI is InChI=1S/C11H9BrF2N2O2/c1-5(17)4-8-15-11(16-18-8)6-2-3-7(13)10(14)9(6)12/h2-3,5,17H,4H2,1H3. The van der Waals surface area contributed by atoms with Gasteiger partial charge in [-0.25, -0.2) is 8.78 Å². The molecule has 0 fully saturated rings. The number of aromatic nitrogens is 2. The van der Waals surface area contributed by atoms with Crippen LogP contribution in [0.2, 0.25) is 0 Å². The average molecular weight is 319 g/mol. The van der Waals surface area contributed by atoms with E-state index in [-0.39, 0.29) is 28.2 Å². The molecule has 0 aliphatic carbocycles. The summed E-state index contributed by atoms with van der Waals surface area (Å²) in [6.45, 7) is 1.58. The van der Waals surface area contributed by atoms with Crippen molar-refractivity contribution in [2.75, 3.05) is 0 Å². The van der Waals surface area contributed by atoms with Crippen molar-refractivity contribution in [3.8, 4) is 11.4 Å². The first-order valence-corrected chi connectivity index (χ1v) is 5.93. The average Bonchev–Trinajstić information content (AvgIpc) is 2.73. The van der Waals surface area contributed by atoms with Crippen molar-refractivity contribution in [1.82, 2.24) is 10.1 Å². The smallest absolute Gasteiger partial charge is 0.229 e. The van der Waals surface area contributed by atoms with Crippen molar-refractivity contribution in [2.24, 2.45) is 0 Å². The number of hydrogen-bond donors (Lipinski definition) is 1. The molecule has 1 atom stereocenters. The third kappa shape index (κ3) is 2.56. The van der Waals surface area contributed by atoms with E-state index < -0.39 is 17.7 Å². The molecule has 0 amide bonds. The number of hydrogen-bond acceptors (Lipinski definition) is 4. The van der Waals surface area contributed by atoms with E-state index in [1.165, 1.54) is 6.07 Å². The van der Waals surface area contributed by atoms with E-state index >= 15 is 0 Å². The van der Waals surface area contributed by atoms with Gasteiger partial charge in [0, 0.05) is 5.56 Å². The van der Waals surface area contributed by atoms with Crippen molar-refractivity contribution in [1.29, 1.82) is 0 Å². The summed E-state index contributed by atoms with van der Waals surface area (Å²) in [6, 6.07) is 2.33. The fourth-order valence-electron chi connectivity index (χ4n) is 1.40. The number of benzene rings is 1. The molecule has 2 rings (SSSR count). The first-order chi connectivity index (χ1) is 8.49. The Morgan fingerprint density at radius 3 is 2.83 bits per heavy atom. The largest absolute Gasteiger partial charge is 0.393 e. The number of aliphatic hydroxyl groups is 1. The van der Waals surface area contributed by atoms with Gasteiger partial charge in [0.2, 0.25) is 11.7 Å². The summed E-state index contributed by atoms with van der Waals surface area (Å²) in [7, 11) is 0. The lowest BCUT2D eigenvalue weighted by Crippen LogP contribution is -2.04. The lowest BCUT2D eigenvalue weighted by Gasteiger charge is -2.01. The number of aliphatic hydroxyl groups excluding tert-OH is 1. The van der Waals surface area contributed by atoms with Gasteiger partial charge in [0.1, 0.15) is 0 Å². The van der Waals surface area contributed by atoms with E-state index in [1.54, 1.807) is 6.92 Å². The highest BCUT2D eigenvalue weighted by atomic mass is 79.9. The van der Waals surface area contributed by atoms with Gasteiger partial charge in [0.05, 0.1) is 17.0 Å². The van der Waals surface area contributed by atoms with Gasteiger partial charge in [-0.15, -0.1) is 0 Å². The quantitative estimate of drug-likeness (QED) is 0.884. The molecule has 7 heteroatoms. The minimum absolute atomic E-state index is 0.0631. The van der Waals surface area contributed by atoms with E-state index in [9.17, 15) is 13.9 Å². The molecule has 1 aromatic heterocycles. The zero-order chi connectivity index (χ0) is 13.3. The minimum Gasteiger partial charge on any atom is -0.393 e. The summed E-state index contributed by atoms with van der Waals surface area (Å²) < 4.78 is 31.1. The van der Waals surface area contributed by atoms with E-state index in [0.29, 0.717) is 0 Å². The fourth-order valence-corrected chi connectivity index (χ4v) is 1.90. The van der Waals surface area contributed by atoms with Crippen molar-refractivity contribution in [3.05, 3.63) is 34.1 Å². The molecule has 0 aliphatic rings. The molecule has 4 nitrogen and oxygen atoms in total. The Labute approximate surface area is 110 Å². The minimum atomic E-state index is -1.01. The second-order valence-electron chi connectivity index (χ2n) is 3.79. The van der Waals surface area contributed by atoms with Gasteiger partial charge in [0.15, 0.2) is 11.6 Å². The molecule has 0 aliphatic heterocycles. The molecule has 2 aromatic rings. The van der Waals surface area contributed by atoms with Crippen LogP contribution in [0, 0.1) is 11.6 Å². The number of halogens is 3. The van der Waals surface area contributed by atoms with Gasteiger partial charge in [-0.05, 0) is 35.0 Å². The van der Waals surface area contributed by atoms with Crippen molar-refractivity contribution in [3.63, 3.8) is 0 Å². The summed E-state index contributed by atoms with van der Waals surface area (Å²) in [5, 5.41) is 12.8. The maximum absolute atomic E-state index is 13.3. The van der Waals surface area contributed by atoms with Crippen LogP contribution in [-0.2, 0) is 6.42 Å². The first kappa shape index (κ1) is 13.1. The normalized spacial score (nSPS) is 12.7. The Hall–Kier alpha value is -1.34. The molecular weight excluding hydrogens is 310 g/mol. The molecule has 0 spiro atoms. The van der Waals surface area contributed by atoms with Crippen LogP contribution < -0.4 is 0 Å². The summed E-state index contributed by atoms with van der Waals surface area (Å²) in [5.41, 5.74) is 0.287. The van der Waals surface area contributed by atoms with Crippen LogP contribution in [0.4, 0.5) is 8.78 Å². The Morgan fingerprint density at radius 2 is 2.17 bits per heavy atom. The van der Waals surface area contributed by atoms with Gasteiger partial charge in [-0.2, -0.15) is 4.98 Å². The molecule has 1 aromatic carbocycles. The monoisotopic (exact) mass is 318 g/mol. The predicted octanol–water partition coefficient (Wildman–Crippen LogP) is 2.70. The maximum atomic E-state index is 13.3. The molecule has 96 valence electrons. The van der Waals surface area contributed by atoms with Crippen LogP contribution >= 0.6 is 15.9 Å². The molecule has 0 saturated heterocycles. The number of rotatable bonds is 3. The van der Waals surface area contributed by atoms with Crippen LogP contribution in [-0.4, -0.2) is 21.4 Å². The highest BCUT2D eigenvalue weighted by Crippen LogP contribution is 2.29. The second kappa shape index (κ2) is 5.11. The Balaban J connectivity index is 2.37. The predicted molar refractivity (Wildman–Crippen MR) is 62.7 cm³/mol. The molecule has 1 unspecified atom stereocenters. The topological polar surface area (TPSA) is 59.2 Å². The Bertz CT molecular complexity index is 572. The zero-order valence-electron chi connectivity index (χ0n) is 9.32. The summed E-state index contributed by atoms with van der Waals surface area (Å²) in [4.78, 5) is 4.00. The van der Waals surface area contributed by atoms with Crippen LogP contribution in [0.25, 0.3) is 11.4 Å². The van der Waals surface area contributed by atoms with E-state index in [2.05, 4.69) is 26.1 Å². The van der Waals surface area contributed by atoms with Gasteiger partial charge < -0.3 is 9.63 Å². The highest BCUT2D eigenvalue weighted by molar-refractivity contribution is 9.10. The Morgan fingerprint density at radius 1 is 1.44 bits per heavy atom.